The molecule has 2 rings (SSSR count). The van der Waals surface area contributed by atoms with Crippen LogP contribution < -0.4 is 0 Å². The summed E-state index contributed by atoms with van der Waals surface area (Å²) in [6.07, 6.45) is 31.1. The first-order valence-electron chi connectivity index (χ1n) is 26.9. The van der Waals surface area contributed by atoms with E-state index in [-0.39, 0.29) is 19.4 Å². The molecule has 0 radical (unpaired) electrons. The van der Waals surface area contributed by atoms with E-state index in [4.69, 9.17) is 28.4 Å². The lowest BCUT2D eigenvalue weighted by Gasteiger charge is -2.42. The maximum absolute atomic E-state index is 13.0. The van der Waals surface area contributed by atoms with E-state index in [1.165, 1.54) is 83.5 Å². The van der Waals surface area contributed by atoms with Crippen LogP contribution in [0, 0.1) is 0 Å². The van der Waals surface area contributed by atoms with Crippen LogP contribution in [0.5, 0.6) is 0 Å². The van der Waals surface area contributed by atoms with Gasteiger partial charge in [-0.25, -0.2) is 0 Å². The smallest absolute Gasteiger partial charge is 0.306 e. The van der Waals surface area contributed by atoms with Gasteiger partial charge in [0.05, 0.1) is 19.8 Å². The molecule has 0 spiro atoms. The van der Waals surface area contributed by atoms with Crippen molar-refractivity contribution < 1.29 is 73.8 Å². The molecule has 404 valence electrons. The minimum Gasteiger partial charge on any atom is -0.462 e. The molecule has 2 fully saturated rings. The zero-order valence-corrected chi connectivity index (χ0v) is 42.7. The number of carbonyl (C=O) groups is 2. The molecule has 7 N–H and O–H groups in total. The monoisotopic (exact) mass is 995 g/mol. The molecule has 0 amide bonds. The number of aliphatic hydroxyl groups is 7. The van der Waals surface area contributed by atoms with Crippen LogP contribution in [0.1, 0.15) is 181 Å². The molecule has 15 nitrogen and oxygen atoms in total. The standard InChI is InChI=1S/C55H94O15/c1-3-5-7-9-11-13-15-17-19-20-21-22-24-25-27-29-31-33-35-37-46(57)65-40-43(68-47(58)38-36-34-32-30-28-26-23-18-16-14-12-10-8-6-4-2)41-66-54-53(64)51(62)49(60)45(70-54)42-67-55-52(63)50(61)48(59)44(39-56)69-55/h11,13,17,19,21-22,25,27,32,34,43-45,48-56,59-64H,3-10,12,14-16,18,20,23-24,26,28-31,33,35-42H2,1-2H3/b13-11+,19-17+,22-21+,27-25+,34-32+/t43-,44+,45+,48-,49-,50?,51?,52?,53?,54+,55+/m0/s1. The highest BCUT2D eigenvalue weighted by molar-refractivity contribution is 5.70. The van der Waals surface area contributed by atoms with Crippen molar-refractivity contribution in [1.29, 1.82) is 0 Å². The number of ether oxygens (including phenoxy) is 6. The molecule has 0 aromatic heterocycles. The summed E-state index contributed by atoms with van der Waals surface area (Å²) in [5, 5.41) is 72.1. The summed E-state index contributed by atoms with van der Waals surface area (Å²) < 4.78 is 33.5. The van der Waals surface area contributed by atoms with Crippen LogP contribution in [-0.2, 0) is 38.0 Å². The van der Waals surface area contributed by atoms with E-state index in [1.54, 1.807) is 0 Å². The molecule has 0 saturated carbocycles. The molecule has 0 aromatic carbocycles. The van der Waals surface area contributed by atoms with E-state index in [1.807, 2.05) is 6.08 Å². The summed E-state index contributed by atoms with van der Waals surface area (Å²) in [5.74, 6) is -1.02. The summed E-state index contributed by atoms with van der Waals surface area (Å²) in [4.78, 5) is 25.8. The fraction of sp³-hybridized carbons (Fsp3) is 0.782. The van der Waals surface area contributed by atoms with Crippen molar-refractivity contribution in [2.45, 2.75) is 248 Å². The lowest BCUT2D eigenvalue weighted by Crippen LogP contribution is -2.61. The third-order valence-corrected chi connectivity index (χ3v) is 12.5. The van der Waals surface area contributed by atoms with Gasteiger partial charge in [-0.15, -0.1) is 0 Å². The van der Waals surface area contributed by atoms with Crippen molar-refractivity contribution in [3.05, 3.63) is 60.8 Å². The van der Waals surface area contributed by atoms with Gasteiger partial charge >= 0.3 is 11.9 Å². The fourth-order valence-corrected chi connectivity index (χ4v) is 8.04. The summed E-state index contributed by atoms with van der Waals surface area (Å²) in [6.45, 7) is 2.49. The van der Waals surface area contributed by atoms with Crippen LogP contribution in [0.3, 0.4) is 0 Å². The first-order chi connectivity index (χ1) is 34.0. The third kappa shape index (κ3) is 29.0. The largest absolute Gasteiger partial charge is 0.462 e. The minimum atomic E-state index is -1.78. The quantitative estimate of drug-likeness (QED) is 0.0175. The Morgan fingerprint density at radius 3 is 1.44 bits per heavy atom. The number of allylic oxidation sites excluding steroid dienone is 10. The average molecular weight is 995 g/mol. The number of rotatable bonds is 41. The maximum atomic E-state index is 13.0. The summed E-state index contributed by atoms with van der Waals surface area (Å²) in [6, 6.07) is 0. The van der Waals surface area contributed by atoms with Crippen molar-refractivity contribution in [1.82, 2.24) is 0 Å². The Bertz CT molecular complexity index is 1450. The summed E-state index contributed by atoms with van der Waals surface area (Å²) in [7, 11) is 0. The first-order valence-corrected chi connectivity index (χ1v) is 26.9. The second kappa shape index (κ2) is 41.6. The van der Waals surface area contributed by atoms with E-state index in [0.717, 1.165) is 57.8 Å². The van der Waals surface area contributed by atoms with Gasteiger partial charge in [0.1, 0.15) is 55.4 Å². The third-order valence-electron chi connectivity index (χ3n) is 12.5. The first kappa shape index (κ1) is 63.3. The van der Waals surface area contributed by atoms with E-state index in [9.17, 15) is 45.3 Å². The van der Waals surface area contributed by atoms with Gasteiger partial charge in [0.2, 0.25) is 0 Å². The lowest BCUT2D eigenvalue weighted by molar-refractivity contribution is -0.332. The van der Waals surface area contributed by atoms with Crippen LogP contribution in [-0.4, -0.2) is 142 Å². The number of aliphatic hydroxyl groups excluding tert-OH is 7. The number of hydrogen-bond donors (Lipinski definition) is 7. The zero-order valence-electron chi connectivity index (χ0n) is 42.7. The second-order valence-electron chi connectivity index (χ2n) is 18.7. The Morgan fingerprint density at radius 2 is 0.886 bits per heavy atom. The normalized spacial score (nSPS) is 25.8. The fourth-order valence-electron chi connectivity index (χ4n) is 8.04. The Hall–Kier alpha value is -2.80. The molecule has 4 unspecified atom stereocenters. The molecule has 0 bridgehead atoms. The van der Waals surface area contributed by atoms with Crippen molar-refractivity contribution in [2.75, 3.05) is 26.4 Å². The van der Waals surface area contributed by atoms with E-state index in [2.05, 4.69) is 68.5 Å². The zero-order chi connectivity index (χ0) is 51.0. The highest BCUT2D eigenvalue weighted by Gasteiger charge is 2.47. The molecule has 15 heteroatoms. The number of esters is 2. The van der Waals surface area contributed by atoms with Crippen molar-refractivity contribution in [3.8, 4) is 0 Å². The predicted octanol–water partition coefficient (Wildman–Crippen LogP) is 8.05. The van der Waals surface area contributed by atoms with Gasteiger partial charge in [-0.1, -0.05) is 158 Å². The molecule has 70 heavy (non-hydrogen) atoms. The van der Waals surface area contributed by atoms with Gasteiger partial charge in [0, 0.05) is 12.8 Å². The van der Waals surface area contributed by atoms with Gasteiger partial charge in [0.25, 0.3) is 0 Å². The highest BCUT2D eigenvalue weighted by atomic mass is 16.7. The molecule has 0 aliphatic carbocycles. The Balaban J connectivity index is 1.82. The number of carbonyl (C=O) groups excluding carboxylic acids is 2. The Kier molecular flexibility index (Phi) is 37.7. The van der Waals surface area contributed by atoms with Crippen LogP contribution in [0.2, 0.25) is 0 Å². The molecule has 2 aliphatic rings. The SMILES string of the molecule is CCCCC/C=C/C/C=C/C/C=C/C/C=C/CCCCCC(=O)OC[C@@H](CO[C@@H]1O[C@H](CO[C@@H]2O[C@H](CO)[C@H](O)C(O)C2O)[C@H](O)C(O)C1O)OC(=O)CC/C=C/CCCCCCCCCCCCC. The van der Waals surface area contributed by atoms with Gasteiger partial charge in [-0.05, 0) is 70.6 Å². The molecule has 2 aliphatic heterocycles. The molecule has 2 saturated heterocycles. The Morgan fingerprint density at radius 1 is 0.457 bits per heavy atom. The van der Waals surface area contributed by atoms with Crippen LogP contribution in [0.15, 0.2) is 60.8 Å². The molecular formula is C55H94O15. The molecule has 0 aromatic rings. The van der Waals surface area contributed by atoms with Crippen LogP contribution in [0.4, 0.5) is 0 Å². The Labute approximate surface area is 420 Å². The van der Waals surface area contributed by atoms with Crippen LogP contribution in [0.25, 0.3) is 0 Å². The topological polar surface area (TPSA) is 231 Å². The number of unbranched alkanes of at least 4 members (excludes halogenated alkanes) is 17. The van der Waals surface area contributed by atoms with E-state index >= 15 is 0 Å². The van der Waals surface area contributed by atoms with Gasteiger partial charge in [0.15, 0.2) is 18.7 Å². The van der Waals surface area contributed by atoms with E-state index < -0.39 is 99.3 Å². The molecule has 2 heterocycles. The van der Waals surface area contributed by atoms with Gasteiger partial charge in [-0.3, -0.25) is 9.59 Å². The highest BCUT2D eigenvalue weighted by Crippen LogP contribution is 2.26. The molecular weight excluding hydrogens is 901 g/mol. The van der Waals surface area contributed by atoms with Crippen molar-refractivity contribution in [3.63, 3.8) is 0 Å². The second-order valence-corrected chi connectivity index (χ2v) is 18.7. The van der Waals surface area contributed by atoms with Crippen molar-refractivity contribution >= 4 is 11.9 Å². The average Bonchev–Trinajstić information content (AvgIpc) is 3.35. The lowest BCUT2D eigenvalue weighted by atomic mass is 9.98. The maximum Gasteiger partial charge on any atom is 0.306 e. The minimum absolute atomic E-state index is 0.0729. The van der Waals surface area contributed by atoms with Gasteiger partial charge in [-0.2, -0.15) is 0 Å². The van der Waals surface area contributed by atoms with Crippen molar-refractivity contribution in [2.24, 2.45) is 0 Å². The number of hydrogen-bond acceptors (Lipinski definition) is 15. The van der Waals surface area contributed by atoms with Gasteiger partial charge < -0.3 is 64.2 Å². The predicted molar refractivity (Wildman–Crippen MR) is 270 cm³/mol. The summed E-state index contributed by atoms with van der Waals surface area (Å²) in [5.41, 5.74) is 0. The molecule has 11 atom stereocenters. The summed E-state index contributed by atoms with van der Waals surface area (Å²) >= 11 is 0. The van der Waals surface area contributed by atoms with Crippen LogP contribution >= 0.6 is 0 Å². The van der Waals surface area contributed by atoms with E-state index in [0.29, 0.717) is 12.8 Å².